The normalized spacial score (nSPS) is 9.55. The van der Waals surface area contributed by atoms with Crippen molar-refractivity contribution in [2.45, 2.75) is 34.2 Å². The Kier molecular flexibility index (Phi) is 9.62. The monoisotopic (exact) mass is 415 g/mol. The van der Waals surface area contributed by atoms with Crippen molar-refractivity contribution in [1.29, 1.82) is 0 Å². The predicted octanol–water partition coefficient (Wildman–Crippen LogP) is 5.31. The van der Waals surface area contributed by atoms with Crippen molar-refractivity contribution in [2.75, 3.05) is 0 Å². The molecule has 0 spiro atoms. The highest BCUT2D eigenvalue weighted by atomic mass is 16.1. The van der Waals surface area contributed by atoms with Crippen LogP contribution in [0.5, 0.6) is 0 Å². The zero-order valence-electron chi connectivity index (χ0n) is 18.5. The van der Waals surface area contributed by atoms with E-state index in [9.17, 15) is 4.79 Å². The molecule has 0 saturated heterocycles. The molecule has 160 valence electrons. The van der Waals surface area contributed by atoms with Gasteiger partial charge in [0.2, 0.25) is 0 Å². The van der Waals surface area contributed by atoms with E-state index in [0.29, 0.717) is 12.1 Å². The SMILES string of the molecule is CC.CC.O=C(NCc1ccccc1)c1cc(-c2ccccc2)cc(-n2cnnn2)c1. The van der Waals surface area contributed by atoms with Gasteiger partial charge in [-0.3, -0.25) is 4.79 Å². The molecule has 0 aliphatic carbocycles. The summed E-state index contributed by atoms with van der Waals surface area (Å²) in [5, 5.41) is 14.3. The number of amides is 1. The highest BCUT2D eigenvalue weighted by Crippen LogP contribution is 2.24. The van der Waals surface area contributed by atoms with Crippen molar-refractivity contribution in [3.63, 3.8) is 0 Å². The fourth-order valence-electron chi connectivity index (χ4n) is 2.83. The maximum absolute atomic E-state index is 12.8. The van der Waals surface area contributed by atoms with E-state index >= 15 is 0 Å². The number of carbonyl (C=O) groups is 1. The molecule has 1 N–H and O–H groups in total. The van der Waals surface area contributed by atoms with E-state index in [1.165, 1.54) is 6.33 Å². The summed E-state index contributed by atoms with van der Waals surface area (Å²) in [5.74, 6) is -0.147. The Morgan fingerprint density at radius 3 is 2.10 bits per heavy atom. The van der Waals surface area contributed by atoms with Crippen molar-refractivity contribution >= 4 is 5.91 Å². The Morgan fingerprint density at radius 1 is 0.839 bits per heavy atom. The van der Waals surface area contributed by atoms with Gasteiger partial charge in [-0.05, 0) is 45.3 Å². The van der Waals surface area contributed by atoms with Crippen LogP contribution < -0.4 is 5.32 Å². The van der Waals surface area contributed by atoms with Crippen LogP contribution >= 0.6 is 0 Å². The van der Waals surface area contributed by atoms with Gasteiger partial charge in [0.1, 0.15) is 6.33 Å². The van der Waals surface area contributed by atoms with Crippen LogP contribution in [0, 0.1) is 0 Å². The molecule has 0 saturated carbocycles. The van der Waals surface area contributed by atoms with E-state index in [0.717, 1.165) is 22.4 Å². The van der Waals surface area contributed by atoms with Gasteiger partial charge >= 0.3 is 0 Å². The second kappa shape index (κ2) is 12.7. The number of tetrazole rings is 1. The topological polar surface area (TPSA) is 72.7 Å². The number of carbonyl (C=O) groups excluding carboxylic acids is 1. The molecule has 0 aliphatic rings. The van der Waals surface area contributed by atoms with Crippen LogP contribution in [0.2, 0.25) is 0 Å². The number of rotatable bonds is 5. The average Bonchev–Trinajstić information content (AvgIpc) is 3.41. The summed E-state index contributed by atoms with van der Waals surface area (Å²) in [6, 6.07) is 25.3. The molecule has 0 unspecified atom stereocenters. The fraction of sp³-hybridized carbons (Fsp3) is 0.200. The van der Waals surface area contributed by atoms with Gasteiger partial charge in [-0.25, -0.2) is 4.68 Å². The molecule has 0 bridgehead atoms. The lowest BCUT2D eigenvalue weighted by molar-refractivity contribution is 0.0951. The van der Waals surface area contributed by atoms with Crippen molar-refractivity contribution in [3.05, 3.63) is 96.3 Å². The number of benzene rings is 3. The van der Waals surface area contributed by atoms with Gasteiger partial charge in [-0.2, -0.15) is 0 Å². The van der Waals surface area contributed by atoms with Crippen molar-refractivity contribution < 1.29 is 4.79 Å². The average molecular weight is 416 g/mol. The van der Waals surface area contributed by atoms with Gasteiger partial charge in [-0.15, -0.1) is 5.10 Å². The Bertz CT molecular complexity index is 1030. The maximum Gasteiger partial charge on any atom is 0.251 e. The molecule has 4 rings (SSSR count). The minimum absolute atomic E-state index is 0.147. The lowest BCUT2D eigenvalue weighted by Gasteiger charge is -2.10. The fourth-order valence-corrected chi connectivity index (χ4v) is 2.83. The van der Waals surface area contributed by atoms with Crippen LogP contribution in [-0.4, -0.2) is 26.1 Å². The molecule has 0 aliphatic heterocycles. The Hall–Kier alpha value is -3.80. The third kappa shape index (κ3) is 6.60. The zero-order chi connectivity index (χ0) is 22.5. The molecule has 4 aromatic rings. The molecule has 1 amide bonds. The van der Waals surface area contributed by atoms with Crippen LogP contribution in [0.25, 0.3) is 16.8 Å². The molecule has 0 atom stereocenters. The van der Waals surface area contributed by atoms with E-state index in [4.69, 9.17) is 0 Å². The van der Waals surface area contributed by atoms with Gasteiger partial charge in [0.15, 0.2) is 0 Å². The van der Waals surface area contributed by atoms with Crippen molar-refractivity contribution in [1.82, 2.24) is 25.5 Å². The first-order chi connectivity index (χ1) is 15.3. The lowest BCUT2D eigenvalue weighted by atomic mass is 10.0. The van der Waals surface area contributed by atoms with Crippen molar-refractivity contribution in [3.8, 4) is 16.8 Å². The molecular formula is C25H29N5O. The molecular weight excluding hydrogens is 386 g/mol. The Balaban J connectivity index is 0.000000807. The second-order valence-electron chi connectivity index (χ2n) is 6.06. The minimum Gasteiger partial charge on any atom is -0.348 e. The molecule has 1 aromatic heterocycles. The molecule has 3 aromatic carbocycles. The number of hydrogen-bond acceptors (Lipinski definition) is 4. The van der Waals surface area contributed by atoms with Gasteiger partial charge in [0.05, 0.1) is 5.69 Å². The summed E-state index contributed by atoms with van der Waals surface area (Å²) >= 11 is 0. The summed E-state index contributed by atoms with van der Waals surface area (Å²) in [6.07, 6.45) is 1.51. The number of aromatic nitrogens is 4. The molecule has 6 heteroatoms. The number of hydrogen-bond donors (Lipinski definition) is 1. The maximum atomic E-state index is 12.8. The highest BCUT2D eigenvalue weighted by Gasteiger charge is 2.11. The van der Waals surface area contributed by atoms with E-state index in [2.05, 4.69) is 20.8 Å². The summed E-state index contributed by atoms with van der Waals surface area (Å²) in [5.41, 5.74) is 4.27. The first-order valence-electron chi connectivity index (χ1n) is 10.6. The molecule has 31 heavy (non-hydrogen) atoms. The highest BCUT2D eigenvalue weighted by molar-refractivity contribution is 5.96. The van der Waals surface area contributed by atoms with E-state index in [1.807, 2.05) is 100 Å². The molecule has 1 heterocycles. The smallest absolute Gasteiger partial charge is 0.251 e. The Morgan fingerprint density at radius 2 is 1.48 bits per heavy atom. The second-order valence-corrected chi connectivity index (χ2v) is 6.06. The van der Waals surface area contributed by atoms with Gasteiger partial charge in [-0.1, -0.05) is 88.4 Å². The van der Waals surface area contributed by atoms with Crippen LogP contribution in [0.3, 0.4) is 0 Å². The Labute approximate surface area is 183 Å². The summed E-state index contributed by atoms with van der Waals surface area (Å²) in [7, 11) is 0. The minimum atomic E-state index is -0.147. The quantitative estimate of drug-likeness (QED) is 0.479. The van der Waals surface area contributed by atoms with Crippen LogP contribution in [0.1, 0.15) is 43.6 Å². The summed E-state index contributed by atoms with van der Waals surface area (Å²) in [6.45, 7) is 8.47. The third-order valence-electron chi connectivity index (χ3n) is 4.20. The van der Waals surface area contributed by atoms with E-state index in [1.54, 1.807) is 10.7 Å². The number of nitrogens with zero attached hydrogens (tertiary/aromatic N) is 4. The van der Waals surface area contributed by atoms with Crippen molar-refractivity contribution in [2.24, 2.45) is 0 Å². The standard InChI is InChI=1S/C21H17N5O.2C2H6/c27-21(22-14-16-7-3-1-4-8-16)19-11-18(17-9-5-2-6-10-17)12-20(13-19)26-15-23-24-25-26;2*1-2/h1-13,15H,14H2,(H,22,27);2*1-2H3. The van der Waals surface area contributed by atoms with Crippen LogP contribution in [-0.2, 0) is 6.54 Å². The van der Waals surface area contributed by atoms with Gasteiger partial charge in [0, 0.05) is 12.1 Å². The third-order valence-corrected chi connectivity index (χ3v) is 4.20. The largest absolute Gasteiger partial charge is 0.348 e. The number of nitrogens with one attached hydrogen (secondary N) is 1. The summed E-state index contributed by atoms with van der Waals surface area (Å²) < 4.78 is 1.54. The summed E-state index contributed by atoms with van der Waals surface area (Å²) in [4.78, 5) is 12.8. The van der Waals surface area contributed by atoms with Gasteiger partial charge in [0.25, 0.3) is 5.91 Å². The molecule has 6 nitrogen and oxygen atoms in total. The first kappa shape index (κ1) is 23.5. The van der Waals surface area contributed by atoms with E-state index in [-0.39, 0.29) is 5.91 Å². The van der Waals surface area contributed by atoms with Crippen LogP contribution in [0.4, 0.5) is 0 Å². The molecule has 0 radical (unpaired) electrons. The lowest BCUT2D eigenvalue weighted by Crippen LogP contribution is -2.23. The first-order valence-corrected chi connectivity index (χ1v) is 10.6. The zero-order valence-corrected chi connectivity index (χ0v) is 18.5. The van der Waals surface area contributed by atoms with Gasteiger partial charge < -0.3 is 5.32 Å². The molecule has 0 fully saturated rings. The van der Waals surface area contributed by atoms with Crippen LogP contribution in [0.15, 0.2) is 85.2 Å². The predicted molar refractivity (Wildman–Crippen MR) is 125 cm³/mol. The van der Waals surface area contributed by atoms with E-state index < -0.39 is 0 Å².